The number of anilines is 2. The van der Waals surface area contributed by atoms with Crippen molar-refractivity contribution in [2.75, 3.05) is 24.3 Å². The quantitative estimate of drug-likeness (QED) is 0.765. The number of hydrogen-bond acceptors (Lipinski definition) is 4. The molecule has 5 heteroatoms. The van der Waals surface area contributed by atoms with Gasteiger partial charge in [-0.1, -0.05) is 25.5 Å². The number of esters is 1. The van der Waals surface area contributed by atoms with Crippen LogP contribution in [0.2, 0.25) is 0 Å². The number of benzene rings is 2. The molecule has 0 saturated heterocycles. The van der Waals surface area contributed by atoms with Crippen LogP contribution in [0.1, 0.15) is 29.3 Å². The van der Waals surface area contributed by atoms with E-state index in [-0.39, 0.29) is 12.5 Å². The van der Waals surface area contributed by atoms with Crippen LogP contribution in [0, 0.1) is 0 Å². The van der Waals surface area contributed by atoms with Crippen molar-refractivity contribution in [1.82, 2.24) is 0 Å². The van der Waals surface area contributed by atoms with E-state index in [1.807, 2.05) is 12.1 Å². The Hall–Kier alpha value is -2.82. The van der Waals surface area contributed by atoms with Crippen LogP contribution in [0.3, 0.4) is 0 Å². The van der Waals surface area contributed by atoms with Crippen LogP contribution in [-0.2, 0) is 16.0 Å². The van der Waals surface area contributed by atoms with Crippen LogP contribution in [0.25, 0.3) is 0 Å². The summed E-state index contributed by atoms with van der Waals surface area (Å²) in [7, 11) is 1.33. The summed E-state index contributed by atoms with van der Waals surface area (Å²) in [5.41, 5.74) is 3.28. The van der Waals surface area contributed by atoms with Crippen molar-refractivity contribution in [1.29, 1.82) is 0 Å². The minimum Gasteiger partial charge on any atom is -0.465 e. The van der Waals surface area contributed by atoms with Gasteiger partial charge in [0.05, 0.1) is 19.2 Å². The maximum atomic E-state index is 12.0. The van der Waals surface area contributed by atoms with E-state index < -0.39 is 5.97 Å². The lowest BCUT2D eigenvalue weighted by atomic mass is 10.1. The molecule has 2 aromatic carbocycles. The molecule has 0 aliphatic rings. The standard InChI is InChI=1S/C19H22N2O3/c1-3-4-14-5-9-16(10-6-14)20-13-18(22)21-17-11-7-15(8-12-17)19(23)24-2/h5-12,20H,3-4,13H2,1-2H3,(H,21,22). The molecule has 0 bridgehead atoms. The molecule has 0 spiro atoms. The van der Waals surface area contributed by atoms with Gasteiger partial charge in [0.1, 0.15) is 0 Å². The van der Waals surface area contributed by atoms with Gasteiger partial charge >= 0.3 is 5.97 Å². The van der Waals surface area contributed by atoms with Gasteiger partial charge in [0, 0.05) is 11.4 Å². The SMILES string of the molecule is CCCc1ccc(NCC(=O)Nc2ccc(C(=O)OC)cc2)cc1. The van der Waals surface area contributed by atoms with E-state index >= 15 is 0 Å². The predicted octanol–water partition coefficient (Wildman–Crippen LogP) is 3.48. The van der Waals surface area contributed by atoms with Gasteiger partial charge in [-0.15, -0.1) is 0 Å². The van der Waals surface area contributed by atoms with E-state index in [4.69, 9.17) is 0 Å². The van der Waals surface area contributed by atoms with Gasteiger partial charge in [-0.05, 0) is 48.4 Å². The van der Waals surface area contributed by atoms with E-state index in [0.29, 0.717) is 11.3 Å². The van der Waals surface area contributed by atoms with Crippen molar-refractivity contribution in [2.45, 2.75) is 19.8 Å². The van der Waals surface area contributed by atoms with Crippen molar-refractivity contribution in [3.8, 4) is 0 Å². The summed E-state index contributed by atoms with van der Waals surface area (Å²) < 4.78 is 4.63. The van der Waals surface area contributed by atoms with E-state index in [1.54, 1.807) is 24.3 Å². The van der Waals surface area contributed by atoms with Gasteiger partial charge in [-0.2, -0.15) is 0 Å². The number of carbonyl (C=O) groups excluding carboxylic acids is 2. The average Bonchev–Trinajstić information content (AvgIpc) is 2.61. The van der Waals surface area contributed by atoms with Crippen molar-refractivity contribution < 1.29 is 14.3 Å². The third kappa shape index (κ3) is 5.12. The smallest absolute Gasteiger partial charge is 0.337 e. The van der Waals surface area contributed by atoms with Gasteiger partial charge in [0.15, 0.2) is 0 Å². The second kappa shape index (κ2) is 8.72. The Morgan fingerprint density at radius 1 is 0.958 bits per heavy atom. The number of aryl methyl sites for hydroxylation is 1. The number of hydrogen-bond donors (Lipinski definition) is 2. The molecule has 2 aromatic rings. The topological polar surface area (TPSA) is 67.4 Å². The summed E-state index contributed by atoms with van der Waals surface area (Å²) >= 11 is 0. The van der Waals surface area contributed by atoms with Crippen molar-refractivity contribution in [3.05, 3.63) is 59.7 Å². The van der Waals surface area contributed by atoms with Gasteiger partial charge in [-0.3, -0.25) is 4.79 Å². The average molecular weight is 326 g/mol. The first-order chi connectivity index (χ1) is 11.6. The Morgan fingerprint density at radius 2 is 1.58 bits per heavy atom. The number of carbonyl (C=O) groups is 2. The predicted molar refractivity (Wildman–Crippen MR) is 95.3 cm³/mol. The Morgan fingerprint density at radius 3 is 2.17 bits per heavy atom. The first kappa shape index (κ1) is 17.5. The Labute approximate surface area is 142 Å². The minimum atomic E-state index is -0.402. The van der Waals surface area contributed by atoms with Crippen molar-refractivity contribution in [2.24, 2.45) is 0 Å². The first-order valence-corrected chi connectivity index (χ1v) is 7.93. The molecule has 24 heavy (non-hydrogen) atoms. The Kier molecular flexibility index (Phi) is 6.37. The number of amides is 1. The molecule has 0 heterocycles. The van der Waals surface area contributed by atoms with Crippen LogP contribution in [0.4, 0.5) is 11.4 Å². The van der Waals surface area contributed by atoms with Crippen LogP contribution in [0.5, 0.6) is 0 Å². The van der Waals surface area contributed by atoms with E-state index in [1.165, 1.54) is 12.7 Å². The van der Waals surface area contributed by atoms with Crippen LogP contribution < -0.4 is 10.6 Å². The molecule has 0 unspecified atom stereocenters. The molecule has 1 amide bonds. The molecule has 0 atom stereocenters. The number of methoxy groups -OCH3 is 1. The molecule has 126 valence electrons. The summed E-state index contributed by atoms with van der Waals surface area (Å²) in [5.74, 6) is -0.556. The number of rotatable bonds is 7. The van der Waals surface area contributed by atoms with Crippen LogP contribution in [-0.4, -0.2) is 25.5 Å². The van der Waals surface area contributed by atoms with Gasteiger partial charge in [-0.25, -0.2) is 4.79 Å². The monoisotopic (exact) mass is 326 g/mol. The molecular weight excluding hydrogens is 304 g/mol. The van der Waals surface area contributed by atoms with Gasteiger partial charge in [0.25, 0.3) is 0 Å². The Balaban J connectivity index is 1.83. The highest BCUT2D eigenvalue weighted by Crippen LogP contribution is 2.12. The fraction of sp³-hybridized carbons (Fsp3) is 0.263. The van der Waals surface area contributed by atoms with Gasteiger partial charge in [0.2, 0.25) is 5.91 Å². The molecule has 0 aliphatic carbocycles. The molecule has 0 fully saturated rings. The summed E-state index contributed by atoms with van der Waals surface area (Å²) in [4.78, 5) is 23.3. The molecule has 0 radical (unpaired) electrons. The number of ether oxygens (including phenoxy) is 1. The zero-order valence-corrected chi connectivity index (χ0v) is 14.0. The lowest BCUT2D eigenvalue weighted by Crippen LogP contribution is -2.21. The summed E-state index contributed by atoms with van der Waals surface area (Å²) in [6, 6.07) is 14.6. The Bertz CT molecular complexity index is 679. The molecule has 0 saturated carbocycles. The van der Waals surface area contributed by atoms with E-state index in [0.717, 1.165) is 18.5 Å². The molecule has 2 N–H and O–H groups in total. The highest BCUT2D eigenvalue weighted by Gasteiger charge is 2.06. The highest BCUT2D eigenvalue weighted by atomic mass is 16.5. The largest absolute Gasteiger partial charge is 0.465 e. The summed E-state index contributed by atoms with van der Waals surface area (Å²) in [6.07, 6.45) is 2.17. The number of nitrogens with one attached hydrogen (secondary N) is 2. The third-order valence-corrected chi connectivity index (χ3v) is 3.54. The summed E-state index contributed by atoms with van der Waals surface area (Å²) in [5, 5.41) is 5.86. The highest BCUT2D eigenvalue weighted by molar-refractivity contribution is 5.95. The zero-order valence-electron chi connectivity index (χ0n) is 14.0. The summed E-state index contributed by atoms with van der Waals surface area (Å²) in [6.45, 7) is 2.32. The molecule has 0 aliphatic heterocycles. The fourth-order valence-electron chi connectivity index (χ4n) is 2.27. The molecule has 2 rings (SSSR count). The van der Waals surface area contributed by atoms with Crippen LogP contribution >= 0.6 is 0 Å². The fourth-order valence-corrected chi connectivity index (χ4v) is 2.27. The van der Waals surface area contributed by atoms with E-state index in [9.17, 15) is 9.59 Å². The van der Waals surface area contributed by atoms with Gasteiger partial charge < -0.3 is 15.4 Å². The normalized spacial score (nSPS) is 10.1. The lowest BCUT2D eigenvalue weighted by Gasteiger charge is -2.09. The van der Waals surface area contributed by atoms with Crippen molar-refractivity contribution in [3.63, 3.8) is 0 Å². The molecule has 0 aromatic heterocycles. The molecular formula is C19H22N2O3. The van der Waals surface area contributed by atoms with Crippen LogP contribution in [0.15, 0.2) is 48.5 Å². The first-order valence-electron chi connectivity index (χ1n) is 7.93. The van der Waals surface area contributed by atoms with Crippen molar-refractivity contribution >= 4 is 23.3 Å². The maximum absolute atomic E-state index is 12.0. The third-order valence-electron chi connectivity index (χ3n) is 3.54. The van der Waals surface area contributed by atoms with E-state index in [2.05, 4.69) is 34.4 Å². The zero-order chi connectivity index (χ0) is 17.4. The second-order valence-corrected chi connectivity index (χ2v) is 5.42. The molecule has 5 nitrogen and oxygen atoms in total. The lowest BCUT2D eigenvalue weighted by molar-refractivity contribution is -0.114. The maximum Gasteiger partial charge on any atom is 0.337 e. The second-order valence-electron chi connectivity index (χ2n) is 5.42. The minimum absolute atomic E-state index is 0.154.